The Kier molecular flexibility index (Phi) is 3.84. The van der Waals surface area contributed by atoms with E-state index in [-0.39, 0.29) is 6.54 Å². The van der Waals surface area contributed by atoms with Crippen LogP contribution in [0.25, 0.3) is 0 Å². The minimum absolute atomic E-state index is 0.104. The van der Waals surface area contributed by atoms with Crippen molar-refractivity contribution in [2.24, 2.45) is 0 Å². The van der Waals surface area contributed by atoms with E-state index in [0.717, 1.165) is 0 Å². The third-order valence-electron chi connectivity index (χ3n) is 2.48. The molecule has 7 heteroatoms. The molecule has 1 heterocycles. The molecule has 1 N–H and O–H groups in total. The lowest BCUT2D eigenvalue weighted by atomic mass is 10.1. The predicted octanol–water partition coefficient (Wildman–Crippen LogP) is 3.26. The molecule has 1 aromatic carbocycles. The van der Waals surface area contributed by atoms with Crippen molar-refractivity contribution in [1.29, 1.82) is 0 Å². The van der Waals surface area contributed by atoms with Gasteiger partial charge in [0.1, 0.15) is 5.76 Å². The van der Waals surface area contributed by atoms with Gasteiger partial charge in [0.15, 0.2) is 23.3 Å². The van der Waals surface area contributed by atoms with E-state index in [2.05, 4.69) is 5.32 Å². The molecule has 0 saturated carbocycles. The lowest BCUT2D eigenvalue weighted by Crippen LogP contribution is -2.17. The lowest BCUT2D eigenvalue weighted by Gasteiger charge is -2.08. The van der Waals surface area contributed by atoms with Gasteiger partial charge in [0.2, 0.25) is 5.82 Å². The van der Waals surface area contributed by atoms with Crippen LogP contribution in [0, 0.1) is 29.1 Å². The van der Waals surface area contributed by atoms with Crippen LogP contribution in [0.4, 0.5) is 22.0 Å². The Morgan fingerprint density at radius 1 is 0.842 bits per heavy atom. The standard InChI is InChI=1S/C12H8F5NO/c13-8-7(5-18-4-6-2-1-3-19-6)9(14)11(16)12(17)10(8)15/h1-3,18H,4-5H2. The van der Waals surface area contributed by atoms with Crippen molar-refractivity contribution in [2.45, 2.75) is 13.1 Å². The van der Waals surface area contributed by atoms with Gasteiger partial charge >= 0.3 is 0 Å². The molecule has 2 rings (SSSR count). The first-order chi connectivity index (χ1) is 9.02. The predicted molar refractivity (Wildman–Crippen MR) is 55.5 cm³/mol. The molecule has 0 fully saturated rings. The number of furan rings is 1. The first-order valence-corrected chi connectivity index (χ1v) is 5.25. The molecule has 0 aliphatic carbocycles. The molecule has 0 amide bonds. The number of nitrogens with one attached hydrogen (secondary N) is 1. The van der Waals surface area contributed by atoms with Crippen LogP contribution < -0.4 is 5.32 Å². The highest BCUT2D eigenvalue weighted by atomic mass is 19.2. The first kappa shape index (κ1) is 13.5. The number of benzene rings is 1. The highest BCUT2D eigenvalue weighted by molar-refractivity contribution is 5.24. The highest BCUT2D eigenvalue weighted by Gasteiger charge is 2.25. The van der Waals surface area contributed by atoms with E-state index in [1.807, 2.05) is 0 Å². The van der Waals surface area contributed by atoms with Crippen molar-refractivity contribution >= 4 is 0 Å². The van der Waals surface area contributed by atoms with Gasteiger partial charge in [0, 0.05) is 12.1 Å². The minimum atomic E-state index is -2.16. The summed E-state index contributed by atoms with van der Waals surface area (Å²) in [6.45, 7) is -0.404. The summed E-state index contributed by atoms with van der Waals surface area (Å²) in [7, 11) is 0. The average Bonchev–Trinajstić information content (AvgIpc) is 2.91. The minimum Gasteiger partial charge on any atom is -0.468 e. The molecule has 1 aromatic heterocycles. The third kappa shape index (κ3) is 2.60. The van der Waals surface area contributed by atoms with Gasteiger partial charge in [0.25, 0.3) is 0 Å². The van der Waals surface area contributed by atoms with E-state index in [4.69, 9.17) is 4.42 Å². The molecular weight excluding hydrogens is 269 g/mol. The summed E-state index contributed by atoms with van der Waals surface area (Å²) in [6.07, 6.45) is 1.40. The second kappa shape index (κ2) is 5.40. The Morgan fingerprint density at radius 2 is 1.42 bits per heavy atom. The molecule has 0 aliphatic rings. The van der Waals surface area contributed by atoms with Gasteiger partial charge in [-0.05, 0) is 12.1 Å². The number of halogens is 5. The van der Waals surface area contributed by atoms with Gasteiger partial charge in [0.05, 0.1) is 12.8 Å². The van der Waals surface area contributed by atoms with Crippen LogP contribution in [0.15, 0.2) is 22.8 Å². The maximum Gasteiger partial charge on any atom is 0.200 e. The summed E-state index contributed by atoms with van der Waals surface area (Å²) >= 11 is 0. The van der Waals surface area contributed by atoms with E-state index in [9.17, 15) is 22.0 Å². The highest BCUT2D eigenvalue weighted by Crippen LogP contribution is 2.22. The lowest BCUT2D eigenvalue weighted by molar-refractivity contribution is 0.366. The van der Waals surface area contributed by atoms with Crippen molar-refractivity contribution in [3.05, 3.63) is 58.8 Å². The molecular formula is C12H8F5NO. The molecule has 2 nitrogen and oxygen atoms in total. The van der Waals surface area contributed by atoms with Gasteiger partial charge in [-0.25, -0.2) is 22.0 Å². The average molecular weight is 277 g/mol. The molecule has 0 radical (unpaired) electrons. The molecule has 0 spiro atoms. The topological polar surface area (TPSA) is 25.2 Å². The van der Waals surface area contributed by atoms with Crippen molar-refractivity contribution < 1.29 is 26.4 Å². The Bertz CT molecular complexity index is 553. The summed E-state index contributed by atoms with van der Waals surface area (Å²) in [5.41, 5.74) is -0.900. The first-order valence-electron chi connectivity index (χ1n) is 5.25. The van der Waals surface area contributed by atoms with Crippen LogP contribution in [-0.2, 0) is 13.1 Å². The number of hydrogen-bond acceptors (Lipinski definition) is 2. The summed E-state index contributed by atoms with van der Waals surface area (Å²) < 4.78 is 70.1. The van der Waals surface area contributed by atoms with Crippen LogP contribution in [0.5, 0.6) is 0 Å². The van der Waals surface area contributed by atoms with E-state index in [0.29, 0.717) is 5.76 Å². The SMILES string of the molecule is Fc1c(F)c(F)c(CNCc2ccco2)c(F)c1F. The van der Waals surface area contributed by atoms with Gasteiger partial charge < -0.3 is 9.73 Å². The van der Waals surface area contributed by atoms with Gasteiger partial charge in [-0.3, -0.25) is 0 Å². The van der Waals surface area contributed by atoms with Gasteiger partial charge in [-0.1, -0.05) is 0 Å². The molecule has 0 atom stereocenters. The largest absolute Gasteiger partial charge is 0.468 e. The zero-order valence-corrected chi connectivity index (χ0v) is 9.44. The smallest absolute Gasteiger partial charge is 0.200 e. The summed E-state index contributed by atoms with van der Waals surface area (Å²) in [4.78, 5) is 0. The fourth-order valence-electron chi connectivity index (χ4n) is 1.53. The second-order valence-corrected chi connectivity index (χ2v) is 3.73. The fourth-order valence-corrected chi connectivity index (χ4v) is 1.53. The van der Waals surface area contributed by atoms with Crippen molar-refractivity contribution in [3.63, 3.8) is 0 Å². The Hall–Kier alpha value is -1.89. The molecule has 2 aromatic rings. The second-order valence-electron chi connectivity index (χ2n) is 3.73. The van der Waals surface area contributed by atoms with Crippen molar-refractivity contribution in [3.8, 4) is 0 Å². The number of rotatable bonds is 4. The van der Waals surface area contributed by atoms with Crippen LogP contribution in [-0.4, -0.2) is 0 Å². The molecule has 0 saturated heterocycles. The quantitative estimate of drug-likeness (QED) is 0.527. The zero-order chi connectivity index (χ0) is 14.0. The van der Waals surface area contributed by atoms with Gasteiger partial charge in [-0.2, -0.15) is 0 Å². The Morgan fingerprint density at radius 3 is 1.95 bits per heavy atom. The Balaban J connectivity index is 2.16. The summed E-state index contributed by atoms with van der Waals surface area (Å²) in [5.74, 6) is -9.25. The fraction of sp³-hybridized carbons (Fsp3) is 0.167. The summed E-state index contributed by atoms with van der Waals surface area (Å²) in [6, 6.07) is 3.21. The van der Waals surface area contributed by atoms with Crippen LogP contribution in [0.3, 0.4) is 0 Å². The number of hydrogen-bond donors (Lipinski definition) is 1. The molecule has 19 heavy (non-hydrogen) atoms. The third-order valence-corrected chi connectivity index (χ3v) is 2.48. The van der Waals surface area contributed by atoms with Crippen molar-refractivity contribution in [1.82, 2.24) is 5.32 Å². The Labute approximate surface area is 104 Å². The zero-order valence-electron chi connectivity index (χ0n) is 9.44. The van der Waals surface area contributed by atoms with E-state index >= 15 is 0 Å². The van der Waals surface area contributed by atoms with Crippen LogP contribution in [0.2, 0.25) is 0 Å². The summed E-state index contributed by atoms with van der Waals surface area (Å²) in [5, 5.41) is 2.53. The maximum atomic E-state index is 13.3. The molecule has 102 valence electrons. The van der Waals surface area contributed by atoms with Crippen LogP contribution >= 0.6 is 0 Å². The van der Waals surface area contributed by atoms with E-state index in [1.165, 1.54) is 6.26 Å². The van der Waals surface area contributed by atoms with Crippen molar-refractivity contribution in [2.75, 3.05) is 0 Å². The monoisotopic (exact) mass is 277 g/mol. The molecule has 0 aliphatic heterocycles. The molecule has 0 bridgehead atoms. The normalized spacial score (nSPS) is 11.0. The van der Waals surface area contributed by atoms with Gasteiger partial charge in [-0.15, -0.1) is 0 Å². The maximum absolute atomic E-state index is 13.3. The van der Waals surface area contributed by atoms with E-state index < -0.39 is 41.2 Å². The molecule has 0 unspecified atom stereocenters. The van der Waals surface area contributed by atoms with E-state index in [1.54, 1.807) is 12.1 Å². The van der Waals surface area contributed by atoms with Crippen LogP contribution in [0.1, 0.15) is 11.3 Å².